The highest BCUT2D eigenvalue weighted by atomic mass is 16.5. The molecule has 0 spiro atoms. The average molecular weight is 273 g/mol. The Hall–Kier alpha value is -1.74. The zero-order valence-electron chi connectivity index (χ0n) is 12.7. The first-order valence-corrected chi connectivity index (χ1v) is 7.18. The Labute approximate surface area is 121 Å². The minimum absolute atomic E-state index is 0.0974. The van der Waals surface area contributed by atoms with Gasteiger partial charge >= 0.3 is 0 Å². The summed E-state index contributed by atoms with van der Waals surface area (Å²) >= 11 is 0. The summed E-state index contributed by atoms with van der Waals surface area (Å²) in [6.45, 7) is 9.77. The van der Waals surface area contributed by atoms with Crippen molar-refractivity contribution < 1.29 is 9.15 Å². The summed E-state index contributed by atoms with van der Waals surface area (Å²) < 4.78 is 11.2. The molecule has 0 saturated carbocycles. The van der Waals surface area contributed by atoms with Gasteiger partial charge in [-0.1, -0.05) is 24.6 Å². The SMILES string of the molecule is CCNC(c1cc(C)ccc1OCC)c1ccoc1C. The summed E-state index contributed by atoms with van der Waals surface area (Å²) in [4.78, 5) is 0. The number of aryl methyl sites for hydroxylation is 2. The van der Waals surface area contributed by atoms with Crippen LogP contribution in [0.4, 0.5) is 0 Å². The lowest BCUT2D eigenvalue weighted by molar-refractivity contribution is 0.333. The predicted octanol–water partition coefficient (Wildman–Crippen LogP) is 3.99. The van der Waals surface area contributed by atoms with E-state index in [2.05, 4.69) is 31.3 Å². The van der Waals surface area contributed by atoms with E-state index < -0.39 is 0 Å². The summed E-state index contributed by atoms with van der Waals surface area (Å²) in [5.41, 5.74) is 3.56. The molecule has 108 valence electrons. The van der Waals surface area contributed by atoms with E-state index >= 15 is 0 Å². The zero-order valence-corrected chi connectivity index (χ0v) is 12.7. The molecule has 3 nitrogen and oxygen atoms in total. The third-order valence-corrected chi connectivity index (χ3v) is 3.39. The van der Waals surface area contributed by atoms with Gasteiger partial charge in [0.15, 0.2) is 0 Å². The standard InChI is InChI=1S/C17H23NO2/c1-5-18-17(14-9-10-20-13(14)4)15-11-12(3)7-8-16(15)19-6-2/h7-11,17-18H,5-6H2,1-4H3. The molecule has 0 saturated heterocycles. The minimum Gasteiger partial charge on any atom is -0.494 e. The van der Waals surface area contributed by atoms with E-state index in [1.165, 1.54) is 16.7 Å². The molecule has 1 unspecified atom stereocenters. The van der Waals surface area contributed by atoms with Crippen molar-refractivity contribution in [3.63, 3.8) is 0 Å². The quantitative estimate of drug-likeness (QED) is 0.864. The van der Waals surface area contributed by atoms with Gasteiger partial charge in [-0.3, -0.25) is 0 Å². The van der Waals surface area contributed by atoms with Gasteiger partial charge in [0, 0.05) is 11.1 Å². The third-order valence-electron chi connectivity index (χ3n) is 3.39. The second kappa shape index (κ2) is 6.62. The molecule has 2 aromatic rings. The number of hydrogen-bond donors (Lipinski definition) is 1. The number of nitrogens with one attached hydrogen (secondary N) is 1. The van der Waals surface area contributed by atoms with E-state index in [1.807, 2.05) is 26.0 Å². The normalized spacial score (nSPS) is 12.4. The monoisotopic (exact) mass is 273 g/mol. The van der Waals surface area contributed by atoms with Gasteiger partial charge in [0.2, 0.25) is 0 Å². The zero-order chi connectivity index (χ0) is 14.5. The smallest absolute Gasteiger partial charge is 0.124 e. The highest BCUT2D eigenvalue weighted by Crippen LogP contribution is 2.33. The van der Waals surface area contributed by atoms with Crippen LogP contribution in [0.1, 0.15) is 42.3 Å². The maximum absolute atomic E-state index is 5.79. The van der Waals surface area contributed by atoms with Crippen LogP contribution in [-0.4, -0.2) is 13.2 Å². The van der Waals surface area contributed by atoms with E-state index in [0.29, 0.717) is 6.61 Å². The maximum Gasteiger partial charge on any atom is 0.124 e. The van der Waals surface area contributed by atoms with Crippen molar-refractivity contribution in [2.75, 3.05) is 13.2 Å². The Kier molecular flexibility index (Phi) is 4.85. The number of rotatable bonds is 6. The van der Waals surface area contributed by atoms with Crippen molar-refractivity contribution in [2.24, 2.45) is 0 Å². The molecule has 20 heavy (non-hydrogen) atoms. The summed E-state index contributed by atoms with van der Waals surface area (Å²) in [5.74, 6) is 1.88. The lowest BCUT2D eigenvalue weighted by Gasteiger charge is -2.21. The first-order valence-electron chi connectivity index (χ1n) is 7.18. The van der Waals surface area contributed by atoms with Crippen LogP contribution in [0.25, 0.3) is 0 Å². The summed E-state index contributed by atoms with van der Waals surface area (Å²) in [6, 6.07) is 8.44. The van der Waals surface area contributed by atoms with Gasteiger partial charge in [-0.25, -0.2) is 0 Å². The van der Waals surface area contributed by atoms with Crippen molar-refractivity contribution in [1.29, 1.82) is 0 Å². The van der Waals surface area contributed by atoms with Gasteiger partial charge in [0.25, 0.3) is 0 Å². The fourth-order valence-corrected chi connectivity index (χ4v) is 2.47. The Morgan fingerprint density at radius 1 is 1.15 bits per heavy atom. The molecule has 1 heterocycles. The van der Waals surface area contributed by atoms with E-state index in [4.69, 9.17) is 9.15 Å². The number of furan rings is 1. The Balaban J connectivity index is 2.48. The Morgan fingerprint density at radius 2 is 1.95 bits per heavy atom. The fraction of sp³-hybridized carbons (Fsp3) is 0.412. The second-order valence-electron chi connectivity index (χ2n) is 4.90. The molecule has 1 aromatic carbocycles. The molecule has 0 aliphatic heterocycles. The molecule has 0 amide bonds. The van der Waals surface area contributed by atoms with Crippen LogP contribution in [-0.2, 0) is 0 Å². The molecule has 0 bridgehead atoms. The number of benzene rings is 1. The molecule has 1 atom stereocenters. The molecule has 0 aliphatic carbocycles. The van der Waals surface area contributed by atoms with Crippen LogP contribution in [0.5, 0.6) is 5.75 Å². The van der Waals surface area contributed by atoms with Gasteiger partial charge in [-0.15, -0.1) is 0 Å². The van der Waals surface area contributed by atoms with Gasteiger partial charge in [-0.2, -0.15) is 0 Å². The van der Waals surface area contributed by atoms with Crippen molar-refractivity contribution >= 4 is 0 Å². The second-order valence-corrected chi connectivity index (χ2v) is 4.90. The predicted molar refractivity (Wildman–Crippen MR) is 81.3 cm³/mol. The molecule has 1 aromatic heterocycles. The lowest BCUT2D eigenvalue weighted by atomic mass is 9.96. The van der Waals surface area contributed by atoms with Gasteiger partial charge in [0.1, 0.15) is 11.5 Å². The van der Waals surface area contributed by atoms with Crippen LogP contribution >= 0.6 is 0 Å². The summed E-state index contributed by atoms with van der Waals surface area (Å²) in [5, 5.41) is 3.53. The molecule has 1 N–H and O–H groups in total. The van der Waals surface area contributed by atoms with Crippen molar-refractivity contribution in [3.8, 4) is 5.75 Å². The molecule has 0 radical (unpaired) electrons. The highest BCUT2D eigenvalue weighted by molar-refractivity contribution is 5.44. The van der Waals surface area contributed by atoms with E-state index in [1.54, 1.807) is 6.26 Å². The molecule has 0 aliphatic rings. The molecular weight excluding hydrogens is 250 g/mol. The molecule has 0 fully saturated rings. The number of hydrogen-bond acceptors (Lipinski definition) is 3. The van der Waals surface area contributed by atoms with Gasteiger partial charge < -0.3 is 14.5 Å². The van der Waals surface area contributed by atoms with Gasteiger partial charge in [-0.05, 0) is 39.4 Å². The van der Waals surface area contributed by atoms with Crippen LogP contribution in [0.2, 0.25) is 0 Å². The topological polar surface area (TPSA) is 34.4 Å². The van der Waals surface area contributed by atoms with Crippen molar-refractivity contribution in [2.45, 2.75) is 33.7 Å². The summed E-state index contributed by atoms with van der Waals surface area (Å²) in [7, 11) is 0. The molecule has 2 rings (SSSR count). The Bertz CT molecular complexity index is 560. The lowest BCUT2D eigenvalue weighted by Crippen LogP contribution is -2.23. The Morgan fingerprint density at radius 3 is 2.55 bits per heavy atom. The van der Waals surface area contributed by atoms with Crippen molar-refractivity contribution in [3.05, 3.63) is 53.0 Å². The minimum atomic E-state index is 0.0974. The highest BCUT2D eigenvalue weighted by Gasteiger charge is 2.21. The largest absolute Gasteiger partial charge is 0.494 e. The van der Waals surface area contributed by atoms with Crippen molar-refractivity contribution in [1.82, 2.24) is 5.32 Å². The first kappa shape index (κ1) is 14.7. The van der Waals surface area contributed by atoms with E-state index in [9.17, 15) is 0 Å². The van der Waals surface area contributed by atoms with E-state index in [0.717, 1.165) is 18.1 Å². The van der Waals surface area contributed by atoms with Crippen LogP contribution < -0.4 is 10.1 Å². The summed E-state index contributed by atoms with van der Waals surface area (Å²) in [6.07, 6.45) is 1.74. The molecular formula is C17H23NO2. The average Bonchev–Trinajstić information content (AvgIpc) is 2.85. The third kappa shape index (κ3) is 3.05. The maximum atomic E-state index is 5.79. The van der Waals surface area contributed by atoms with Crippen LogP contribution in [0.15, 0.2) is 34.9 Å². The van der Waals surface area contributed by atoms with Crippen LogP contribution in [0, 0.1) is 13.8 Å². The number of ether oxygens (including phenoxy) is 1. The van der Waals surface area contributed by atoms with E-state index in [-0.39, 0.29) is 6.04 Å². The fourth-order valence-electron chi connectivity index (χ4n) is 2.47. The van der Waals surface area contributed by atoms with Crippen LogP contribution in [0.3, 0.4) is 0 Å². The molecule has 3 heteroatoms. The van der Waals surface area contributed by atoms with Gasteiger partial charge in [0.05, 0.1) is 18.9 Å². The first-order chi connectivity index (χ1) is 9.67.